The molecule has 7 nitrogen and oxygen atoms in total. The average molecular weight is 381 g/mol. The van der Waals surface area contributed by atoms with Crippen molar-refractivity contribution in [3.8, 4) is 5.75 Å². The molecule has 1 aromatic carbocycles. The van der Waals surface area contributed by atoms with Gasteiger partial charge in [0.05, 0.1) is 19.8 Å². The zero-order valence-corrected chi connectivity index (χ0v) is 15.6. The molecule has 1 N–H and O–H groups in total. The van der Waals surface area contributed by atoms with E-state index in [9.17, 15) is 9.59 Å². The molecule has 1 aromatic heterocycles. The van der Waals surface area contributed by atoms with Crippen LogP contribution in [0.5, 0.6) is 5.75 Å². The maximum Gasteiger partial charge on any atom is 0.273 e. The molecule has 2 fully saturated rings. The molecule has 2 aliphatic heterocycles. The van der Waals surface area contributed by atoms with Crippen LogP contribution in [0.3, 0.4) is 0 Å². The number of hydrogen-bond acceptors (Lipinski definition) is 5. The summed E-state index contributed by atoms with van der Waals surface area (Å²) in [4.78, 5) is 34.5. The fraction of sp³-hybridized carbons (Fsp3) is 0.476. The molecule has 1 amide bonds. The van der Waals surface area contributed by atoms with Crippen LogP contribution in [0.25, 0.3) is 0 Å². The Morgan fingerprint density at radius 3 is 2.79 bits per heavy atom. The Morgan fingerprint density at radius 1 is 1.21 bits per heavy atom. The first-order valence-electron chi connectivity index (χ1n) is 9.87. The van der Waals surface area contributed by atoms with Gasteiger partial charge in [-0.25, -0.2) is 4.98 Å². The van der Waals surface area contributed by atoms with Crippen molar-refractivity contribution in [1.29, 1.82) is 0 Å². The number of nitrogens with one attached hydrogen (secondary N) is 1. The first-order valence-corrected chi connectivity index (χ1v) is 9.87. The lowest BCUT2D eigenvalue weighted by atomic mass is 9.93. The molecule has 0 atom stereocenters. The van der Waals surface area contributed by atoms with Crippen LogP contribution in [-0.2, 0) is 11.3 Å². The van der Waals surface area contributed by atoms with E-state index in [4.69, 9.17) is 9.47 Å². The molecular formula is C21H23N3O4. The van der Waals surface area contributed by atoms with Gasteiger partial charge in [0.2, 0.25) is 0 Å². The van der Waals surface area contributed by atoms with E-state index in [1.54, 1.807) is 4.90 Å². The highest BCUT2D eigenvalue weighted by molar-refractivity contribution is 5.92. The molecule has 0 radical (unpaired) electrons. The molecule has 0 bridgehead atoms. The number of aromatic amines is 1. The summed E-state index contributed by atoms with van der Waals surface area (Å²) >= 11 is 0. The highest BCUT2D eigenvalue weighted by Gasteiger charge is 2.41. The van der Waals surface area contributed by atoms with Crippen LogP contribution in [0.15, 0.2) is 35.1 Å². The fourth-order valence-corrected chi connectivity index (χ4v) is 4.05. The van der Waals surface area contributed by atoms with E-state index in [2.05, 4.69) is 9.97 Å². The van der Waals surface area contributed by atoms with Crippen molar-refractivity contribution in [3.05, 3.63) is 57.8 Å². The summed E-state index contributed by atoms with van der Waals surface area (Å²) in [7, 11) is 0. The van der Waals surface area contributed by atoms with Crippen molar-refractivity contribution in [2.45, 2.75) is 43.7 Å². The Bertz CT molecular complexity index is 960. The smallest absolute Gasteiger partial charge is 0.273 e. The fourth-order valence-electron chi connectivity index (χ4n) is 4.05. The lowest BCUT2D eigenvalue weighted by molar-refractivity contribution is -0.0551. The minimum Gasteiger partial charge on any atom is -0.485 e. The normalized spacial score (nSPS) is 20.9. The topological polar surface area (TPSA) is 84.5 Å². The highest BCUT2D eigenvalue weighted by Crippen LogP contribution is 2.38. The number of nitrogens with zero attached hydrogens (tertiary/aromatic N) is 2. The second-order valence-corrected chi connectivity index (χ2v) is 7.96. The standard InChI is InChI=1S/C21H23N3O4/c25-18-11-16(22-19(23-18)14-5-6-14)20(26)24-12-15-3-1-2-4-17(15)28-21(13-24)7-9-27-10-8-21/h1-4,11,14H,5-10,12-13H2,(H,22,23,25). The van der Waals surface area contributed by atoms with Crippen LogP contribution < -0.4 is 10.3 Å². The number of H-pyrrole nitrogens is 1. The van der Waals surface area contributed by atoms with Gasteiger partial charge in [-0.1, -0.05) is 18.2 Å². The van der Waals surface area contributed by atoms with Crippen LogP contribution in [0.2, 0.25) is 0 Å². The van der Waals surface area contributed by atoms with Gasteiger partial charge in [0, 0.05) is 36.9 Å². The molecule has 7 heteroatoms. The lowest BCUT2D eigenvalue weighted by Gasteiger charge is -2.38. The third-order valence-electron chi connectivity index (χ3n) is 5.77. The first-order chi connectivity index (χ1) is 13.6. The van der Waals surface area contributed by atoms with E-state index in [1.165, 1.54) is 6.07 Å². The highest BCUT2D eigenvalue weighted by atomic mass is 16.5. The maximum absolute atomic E-state index is 13.4. The van der Waals surface area contributed by atoms with Crippen molar-refractivity contribution < 1.29 is 14.3 Å². The molecule has 1 spiro atoms. The SMILES string of the molecule is O=C(c1cc(=O)[nH]c(C2CC2)n1)N1Cc2ccccc2OC2(CCOCC2)C1. The zero-order chi connectivity index (χ0) is 19.1. The van der Waals surface area contributed by atoms with E-state index in [1.807, 2.05) is 24.3 Å². The third-order valence-corrected chi connectivity index (χ3v) is 5.77. The number of para-hydroxylation sites is 1. The van der Waals surface area contributed by atoms with Crippen molar-refractivity contribution in [3.63, 3.8) is 0 Å². The number of carbonyl (C=O) groups is 1. The number of aromatic nitrogens is 2. The van der Waals surface area contributed by atoms with E-state index in [0.29, 0.717) is 32.1 Å². The summed E-state index contributed by atoms with van der Waals surface area (Å²) in [5.74, 6) is 1.50. The Balaban J connectivity index is 1.51. The number of rotatable bonds is 2. The summed E-state index contributed by atoms with van der Waals surface area (Å²) in [5.41, 5.74) is 0.437. The largest absolute Gasteiger partial charge is 0.485 e. The van der Waals surface area contributed by atoms with Gasteiger partial charge in [0.25, 0.3) is 11.5 Å². The summed E-state index contributed by atoms with van der Waals surface area (Å²) in [6.07, 6.45) is 3.46. The maximum atomic E-state index is 13.4. The van der Waals surface area contributed by atoms with E-state index in [0.717, 1.165) is 37.0 Å². The lowest BCUT2D eigenvalue weighted by Crippen LogP contribution is -2.51. The minimum atomic E-state index is -0.471. The van der Waals surface area contributed by atoms with E-state index >= 15 is 0 Å². The molecule has 28 heavy (non-hydrogen) atoms. The van der Waals surface area contributed by atoms with E-state index in [-0.39, 0.29) is 23.1 Å². The van der Waals surface area contributed by atoms with E-state index < -0.39 is 5.60 Å². The predicted molar refractivity (Wildman–Crippen MR) is 101 cm³/mol. The summed E-state index contributed by atoms with van der Waals surface area (Å²) < 4.78 is 12.0. The minimum absolute atomic E-state index is 0.215. The average Bonchev–Trinajstić information content (AvgIpc) is 3.54. The molecule has 2 aromatic rings. The summed E-state index contributed by atoms with van der Waals surface area (Å²) in [6, 6.07) is 9.14. The number of amides is 1. The Morgan fingerprint density at radius 2 is 2.00 bits per heavy atom. The van der Waals surface area contributed by atoms with Gasteiger partial charge in [-0.05, 0) is 18.9 Å². The second kappa shape index (κ2) is 6.74. The predicted octanol–water partition coefficient (Wildman–Crippen LogP) is 2.23. The van der Waals surface area contributed by atoms with Gasteiger partial charge in [-0.2, -0.15) is 0 Å². The second-order valence-electron chi connectivity index (χ2n) is 7.96. The summed E-state index contributed by atoms with van der Waals surface area (Å²) in [6.45, 7) is 2.11. The van der Waals surface area contributed by atoms with Crippen LogP contribution in [0, 0.1) is 0 Å². The van der Waals surface area contributed by atoms with Gasteiger partial charge < -0.3 is 19.4 Å². The first kappa shape index (κ1) is 17.4. The number of carbonyl (C=O) groups excluding carboxylic acids is 1. The molecule has 0 unspecified atom stereocenters. The van der Waals surface area contributed by atoms with Gasteiger partial charge in [-0.15, -0.1) is 0 Å². The van der Waals surface area contributed by atoms with Crippen LogP contribution >= 0.6 is 0 Å². The Kier molecular flexibility index (Phi) is 4.19. The third kappa shape index (κ3) is 3.30. The van der Waals surface area contributed by atoms with Crippen LogP contribution in [0.1, 0.15) is 53.5 Å². The van der Waals surface area contributed by atoms with Crippen molar-refractivity contribution >= 4 is 5.91 Å². The van der Waals surface area contributed by atoms with Gasteiger partial charge in [0.1, 0.15) is 22.9 Å². The number of benzene rings is 1. The van der Waals surface area contributed by atoms with Crippen molar-refractivity contribution in [2.24, 2.45) is 0 Å². The number of fused-ring (bicyclic) bond motifs is 1. The molecular weight excluding hydrogens is 358 g/mol. The van der Waals surface area contributed by atoms with Gasteiger partial charge in [0.15, 0.2) is 0 Å². The monoisotopic (exact) mass is 381 g/mol. The summed E-state index contributed by atoms with van der Waals surface area (Å²) in [5, 5.41) is 0. The van der Waals surface area contributed by atoms with Crippen LogP contribution in [0.4, 0.5) is 0 Å². The number of hydrogen-bond donors (Lipinski definition) is 1. The molecule has 146 valence electrons. The number of ether oxygens (including phenoxy) is 2. The molecule has 1 saturated heterocycles. The van der Waals surface area contributed by atoms with Gasteiger partial charge >= 0.3 is 0 Å². The Labute approximate surface area is 162 Å². The van der Waals surface area contributed by atoms with Gasteiger partial charge in [-0.3, -0.25) is 9.59 Å². The zero-order valence-electron chi connectivity index (χ0n) is 15.6. The van der Waals surface area contributed by atoms with Crippen molar-refractivity contribution in [1.82, 2.24) is 14.9 Å². The van der Waals surface area contributed by atoms with Crippen molar-refractivity contribution in [2.75, 3.05) is 19.8 Å². The molecule has 5 rings (SSSR count). The molecule has 1 saturated carbocycles. The molecule has 1 aliphatic carbocycles. The molecule has 3 aliphatic rings. The quantitative estimate of drug-likeness (QED) is 0.862. The van der Waals surface area contributed by atoms with Crippen LogP contribution in [-0.4, -0.2) is 46.1 Å². The molecule has 3 heterocycles. The Hall–Kier alpha value is -2.67.